The lowest BCUT2D eigenvalue weighted by Gasteiger charge is -2.32. The molecule has 2 fully saturated rings. The van der Waals surface area contributed by atoms with Gasteiger partial charge in [0.1, 0.15) is 6.04 Å². The molecule has 3 amide bonds. The molecule has 168 valence electrons. The SMILES string of the molecule is NCc1cn(C2CCN(Cc3cccc4c3CN(C3CCC(=O)NC3=O)C4=O)CC2)nn1. The van der Waals surface area contributed by atoms with Crippen molar-refractivity contribution in [3.8, 4) is 0 Å². The molecule has 0 aliphatic carbocycles. The predicted molar refractivity (Wildman–Crippen MR) is 114 cm³/mol. The van der Waals surface area contributed by atoms with Gasteiger partial charge in [0.25, 0.3) is 5.91 Å². The lowest BCUT2D eigenvalue weighted by molar-refractivity contribution is -0.136. The summed E-state index contributed by atoms with van der Waals surface area (Å²) in [4.78, 5) is 40.8. The summed E-state index contributed by atoms with van der Waals surface area (Å²) < 4.78 is 1.93. The van der Waals surface area contributed by atoms with Crippen LogP contribution in [0.3, 0.4) is 0 Å². The summed E-state index contributed by atoms with van der Waals surface area (Å²) in [6.07, 6.45) is 4.52. The van der Waals surface area contributed by atoms with Crippen LogP contribution >= 0.6 is 0 Å². The molecule has 3 N–H and O–H groups in total. The monoisotopic (exact) mass is 437 g/mol. The van der Waals surface area contributed by atoms with Crippen LogP contribution in [0.2, 0.25) is 0 Å². The number of likely N-dealkylation sites (tertiary alicyclic amines) is 1. The number of piperidine rings is 2. The Balaban J connectivity index is 1.25. The zero-order chi connectivity index (χ0) is 22.2. The van der Waals surface area contributed by atoms with Gasteiger partial charge in [0.15, 0.2) is 0 Å². The minimum absolute atomic E-state index is 0.128. The fourth-order valence-corrected chi connectivity index (χ4v) is 4.97. The van der Waals surface area contributed by atoms with Crippen molar-refractivity contribution in [2.75, 3.05) is 13.1 Å². The van der Waals surface area contributed by atoms with Crippen LogP contribution in [0.25, 0.3) is 0 Å². The molecule has 1 aromatic carbocycles. The number of nitrogens with two attached hydrogens (primary N) is 1. The molecule has 4 heterocycles. The van der Waals surface area contributed by atoms with E-state index < -0.39 is 6.04 Å². The van der Waals surface area contributed by atoms with Crippen molar-refractivity contribution in [1.82, 2.24) is 30.1 Å². The molecule has 10 nitrogen and oxygen atoms in total. The summed E-state index contributed by atoms with van der Waals surface area (Å²) in [6.45, 7) is 3.42. The van der Waals surface area contributed by atoms with E-state index in [1.54, 1.807) is 4.90 Å². The van der Waals surface area contributed by atoms with Crippen LogP contribution in [-0.2, 0) is 29.2 Å². The highest BCUT2D eigenvalue weighted by atomic mass is 16.2. The molecule has 1 atom stereocenters. The summed E-state index contributed by atoms with van der Waals surface area (Å²) in [5.41, 5.74) is 9.22. The first-order valence-corrected chi connectivity index (χ1v) is 11.1. The first kappa shape index (κ1) is 20.8. The topological polar surface area (TPSA) is 126 Å². The fourth-order valence-electron chi connectivity index (χ4n) is 4.97. The highest BCUT2D eigenvalue weighted by molar-refractivity contribution is 6.05. The van der Waals surface area contributed by atoms with Gasteiger partial charge in [-0.05, 0) is 36.5 Å². The molecule has 0 bridgehead atoms. The number of carbonyl (C=O) groups is 3. The van der Waals surface area contributed by atoms with Crippen LogP contribution in [0.15, 0.2) is 24.4 Å². The van der Waals surface area contributed by atoms with Crippen molar-refractivity contribution >= 4 is 17.7 Å². The second-order valence-corrected chi connectivity index (χ2v) is 8.74. The number of nitrogens with one attached hydrogen (secondary N) is 1. The average molecular weight is 438 g/mol. The van der Waals surface area contributed by atoms with Crippen molar-refractivity contribution < 1.29 is 14.4 Å². The Hall–Kier alpha value is -3.11. The lowest BCUT2D eigenvalue weighted by Crippen LogP contribution is -2.52. The summed E-state index contributed by atoms with van der Waals surface area (Å²) >= 11 is 0. The Morgan fingerprint density at radius 2 is 1.94 bits per heavy atom. The van der Waals surface area contributed by atoms with E-state index in [2.05, 4.69) is 26.6 Å². The van der Waals surface area contributed by atoms with E-state index in [4.69, 9.17) is 5.73 Å². The summed E-state index contributed by atoms with van der Waals surface area (Å²) in [5.74, 6) is -0.779. The zero-order valence-electron chi connectivity index (χ0n) is 17.9. The Morgan fingerprint density at radius 3 is 2.66 bits per heavy atom. The van der Waals surface area contributed by atoms with Crippen molar-refractivity contribution in [2.24, 2.45) is 5.73 Å². The number of rotatable bonds is 5. The third-order valence-corrected chi connectivity index (χ3v) is 6.77. The molecular formula is C22H27N7O3. The number of hydrogen-bond acceptors (Lipinski definition) is 7. The standard InChI is InChI=1S/C22H27N7O3/c23-10-15-12-29(26-25-15)16-6-8-27(9-7-16)11-14-2-1-3-17-18(14)13-28(22(17)32)19-4-5-20(30)24-21(19)31/h1-3,12,16,19H,4-11,13,23H2,(H,24,30,31). The maximum absolute atomic E-state index is 13.0. The van der Waals surface area contributed by atoms with Gasteiger partial charge in [-0.3, -0.25) is 24.6 Å². The molecule has 1 aromatic heterocycles. The van der Waals surface area contributed by atoms with Gasteiger partial charge in [-0.15, -0.1) is 5.10 Å². The van der Waals surface area contributed by atoms with Crippen LogP contribution in [0, 0.1) is 0 Å². The van der Waals surface area contributed by atoms with Gasteiger partial charge in [-0.2, -0.15) is 0 Å². The number of benzene rings is 1. The van der Waals surface area contributed by atoms with Crippen molar-refractivity contribution in [3.05, 3.63) is 46.8 Å². The van der Waals surface area contributed by atoms with Gasteiger partial charge >= 0.3 is 0 Å². The van der Waals surface area contributed by atoms with Gasteiger partial charge < -0.3 is 10.6 Å². The average Bonchev–Trinajstić information content (AvgIpc) is 3.40. The molecule has 1 unspecified atom stereocenters. The van der Waals surface area contributed by atoms with E-state index in [-0.39, 0.29) is 24.1 Å². The summed E-state index contributed by atoms with van der Waals surface area (Å²) in [6, 6.07) is 5.55. The fraction of sp³-hybridized carbons (Fsp3) is 0.500. The predicted octanol–water partition coefficient (Wildman–Crippen LogP) is 0.335. The highest BCUT2D eigenvalue weighted by Crippen LogP contribution is 2.31. The van der Waals surface area contributed by atoms with Gasteiger partial charge in [0, 0.05) is 44.7 Å². The number of amides is 3. The van der Waals surface area contributed by atoms with Crippen LogP contribution in [0.1, 0.15) is 58.9 Å². The maximum Gasteiger partial charge on any atom is 0.255 e. The molecular weight excluding hydrogens is 410 g/mol. The van der Waals surface area contributed by atoms with E-state index in [0.29, 0.717) is 31.1 Å². The third-order valence-electron chi connectivity index (χ3n) is 6.77. The highest BCUT2D eigenvalue weighted by Gasteiger charge is 2.39. The molecule has 0 radical (unpaired) electrons. The smallest absolute Gasteiger partial charge is 0.255 e. The quantitative estimate of drug-likeness (QED) is 0.646. The molecule has 2 aromatic rings. The molecule has 32 heavy (non-hydrogen) atoms. The number of aromatic nitrogens is 3. The Bertz CT molecular complexity index is 1060. The van der Waals surface area contributed by atoms with E-state index in [1.165, 1.54) is 0 Å². The van der Waals surface area contributed by atoms with E-state index >= 15 is 0 Å². The normalized spacial score (nSPS) is 22.3. The van der Waals surface area contributed by atoms with Crippen molar-refractivity contribution in [2.45, 2.75) is 57.4 Å². The Kier molecular flexibility index (Phi) is 5.48. The van der Waals surface area contributed by atoms with E-state index in [0.717, 1.165) is 49.3 Å². The van der Waals surface area contributed by atoms with Crippen molar-refractivity contribution in [1.29, 1.82) is 0 Å². The molecule has 2 saturated heterocycles. The molecule has 0 spiro atoms. The zero-order valence-corrected chi connectivity index (χ0v) is 17.9. The van der Waals surface area contributed by atoms with Gasteiger partial charge in [0.05, 0.1) is 17.9 Å². The number of hydrogen-bond donors (Lipinski definition) is 2. The summed E-state index contributed by atoms with van der Waals surface area (Å²) in [5, 5.41) is 10.7. The van der Waals surface area contributed by atoms with Gasteiger partial charge in [-0.25, -0.2) is 4.68 Å². The van der Waals surface area contributed by atoms with Crippen LogP contribution < -0.4 is 11.1 Å². The van der Waals surface area contributed by atoms with Gasteiger partial charge in [0.2, 0.25) is 11.8 Å². The molecule has 5 rings (SSSR count). The van der Waals surface area contributed by atoms with Crippen LogP contribution in [0.4, 0.5) is 0 Å². The van der Waals surface area contributed by atoms with Gasteiger partial charge in [-0.1, -0.05) is 17.3 Å². The Labute approximate surface area is 185 Å². The second kappa shape index (κ2) is 8.44. The largest absolute Gasteiger partial charge is 0.325 e. The van der Waals surface area contributed by atoms with E-state index in [1.807, 2.05) is 23.0 Å². The number of fused-ring (bicyclic) bond motifs is 1. The maximum atomic E-state index is 13.0. The number of nitrogens with zero attached hydrogens (tertiary/aromatic N) is 5. The van der Waals surface area contributed by atoms with Crippen LogP contribution in [-0.4, -0.2) is 61.6 Å². The Morgan fingerprint density at radius 1 is 1.12 bits per heavy atom. The second-order valence-electron chi connectivity index (χ2n) is 8.74. The first-order valence-electron chi connectivity index (χ1n) is 11.1. The minimum Gasteiger partial charge on any atom is -0.325 e. The first-order chi connectivity index (χ1) is 15.5. The minimum atomic E-state index is -0.586. The summed E-state index contributed by atoms with van der Waals surface area (Å²) in [7, 11) is 0. The third kappa shape index (κ3) is 3.80. The molecule has 10 heteroatoms. The number of imide groups is 1. The van der Waals surface area contributed by atoms with Crippen molar-refractivity contribution in [3.63, 3.8) is 0 Å². The molecule has 3 aliphatic heterocycles. The number of carbonyl (C=O) groups excluding carboxylic acids is 3. The lowest BCUT2D eigenvalue weighted by atomic mass is 10.0. The molecule has 3 aliphatic rings. The van der Waals surface area contributed by atoms with E-state index in [9.17, 15) is 14.4 Å². The van der Waals surface area contributed by atoms with Crippen LogP contribution in [0.5, 0.6) is 0 Å². The molecule has 0 saturated carbocycles.